The molecule has 2 heterocycles. The second kappa shape index (κ2) is 14.3. The Hall–Kier alpha value is -4.45. The van der Waals surface area contributed by atoms with Crippen molar-refractivity contribution in [3.63, 3.8) is 0 Å². The van der Waals surface area contributed by atoms with Gasteiger partial charge in [-0.3, -0.25) is 9.98 Å². The van der Waals surface area contributed by atoms with Crippen molar-refractivity contribution in [1.29, 1.82) is 0 Å². The molecule has 0 amide bonds. The molecule has 2 N–H and O–H groups in total. The largest absolute Gasteiger partial charge is 0.491 e. The van der Waals surface area contributed by atoms with Crippen molar-refractivity contribution < 1.29 is 9.47 Å². The molecule has 1 aliphatic carbocycles. The third-order valence-corrected chi connectivity index (χ3v) is 6.68. The van der Waals surface area contributed by atoms with Crippen molar-refractivity contribution in [3.8, 4) is 33.9 Å². The number of aliphatic imine (C=N–C) groups is 1. The van der Waals surface area contributed by atoms with Crippen LogP contribution in [0.1, 0.15) is 47.8 Å². The van der Waals surface area contributed by atoms with Gasteiger partial charge in [0.25, 0.3) is 0 Å². The first kappa shape index (κ1) is 29.5. The lowest BCUT2D eigenvalue weighted by atomic mass is 10.0. The van der Waals surface area contributed by atoms with Crippen molar-refractivity contribution >= 4 is 6.21 Å². The monoisotopic (exact) mass is 548 g/mol. The minimum absolute atomic E-state index is 0.333. The van der Waals surface area contributed by atoms with Gasteiger partial charge in [0.1, 0.15) is 17.2 Å². The summed E-state index contributed by atoms with van der Waals surface area (Å²) in [6.07, 6.45) is 8.35. The Labute approximate surface area is 244 Å². The second-order valence-corrected chi connectivity index (χ2v) is 10.1. The Bertz CT molecular complexity index is 1490. The predicted octanol–water partition coefficient (Wildman–Crippen LogP) is 7.43. The smallest absolute Gasteiger partial charge is 0.148 e. The van der Waals surface area contributed by atoms with Crippen LogP contribution in [0.5, 0.6) is 11.5 Å². The molecule has 6 heteroatoms. The van der Waals surface area contributed by atoms with Gasteiger partial charge in [0.15, 0.2) is 0 Å². The zero-order valence-corrected chi connectivity index (χ0v) is 24.6. The Kier molecular flexibility index (Phi) is 10.3. The van der Waals surface area contributed by atoms with Crippen LogP contribution >= 0.6 is 0 Å². The highest BCUT2D eigenvalue weighted by molar-refractivity contribution is 5.85. The highest BCUT2D eigenvalue weighted by atomic mass is 16.5. The zero-order chi connectivity index (χ0) is 29.2. The molecule has 6 nitrogen and oxygen atoms in total. The molecule has 0 aliphatic heterocycles. The van der Waals surface area contributed by atoms with Crippen LogP contribution in [0.4, 0.5) is 0 Å². The Balaban J connectivity index is 0.00000124. The van der Waals surface area contributed by atoms with Crippen LogP contribution in [-0.4, -0.2) is 35.4 Å². The van der Waals surface area contributed by atoms with Gasteiger partial charge in [0.05, 0.1) is 12.7 Å². The first-order chi connectivity index (χ1) is 19.9. The molecule has 0 saturated heterocycles. The summed E-state index contributed by atoms with van der Waals surface area (Å²) in [5.41, 5.74) is 14.1. The number of hydrogen-bond donors (Lipinski definition) is 1. The fourth-order valence-corrected chi connectivity index (χ4v) is 4.52. The first-order valence-electron chi connectivity index (χ1n) is 14.2. The number of hydrogen-bond acceptors (Lipinski definition) is 6. The lowest BCUT2D eigenvalue weighted by Gasteiger charge is -2.15. The quantitative estimate of drug-likeness (QED) is 0.208. The maximum absolute atomic E-state index is 6.21. The van der Waals surface area contributed by atoms with E-state index < -0.39 is 0 Å². The summed E-state index contributed by atoms with van der Waals surface area (Å²) in [6, 6.07) is 20.9. The molecule has 41 heavy (non-hydrogen) atoms. The topological polar surface area (TPSA) is 82.6 Å². The molecule has 2 aromatic heterocycles. The molecule has 0 atom stereocenters. The SMILES string of the molecule is C=CN.CCOc1c(C)cc(CCN=Cc2ccc(OC3CC3)c(-c3cccnc3C)c2)nc1-c1ccc(C)cc1. The molecule has 2 aromatic carbocycles. The fraction of sp³-hybridized carbons (Fsp3) is 0.286. The van der Waals surface area contributed by atoms with Gasteiger partial charge in [-0.1, -0.05) is 42.5 Å². The predicted molar refractivity (Wildman–Crippen MR) is 169 cm³/mol. The van der Waals surface area contributed by atoms with E-state index in [0.29, 0.717) is 19.3 Å². The number of aryl methyl sites for hydroxylation is 3. The van der Waals surface area contributed by atoms with Gasteiger partial charge in [0.2, 0.25) is 0 Å². The highest BCUT2D eigenvalue weighted by Gasteiger charge is 2.25. The van der Waals surface area contributed by atoms with Gasteiger partial charge >= 0.3 is 0 Å². The summed E-state index contributed by atoms with van der Waals surface area (Å²) < 4.78 is 12.2. The van der Waals surface area contributed by atoms with Crippen molar-refractivity contribution in [2.75, 3.05) is 13.2 Å². The van der Waals surface area contributed by atoms with Gasteiger partial charge in [0, 0.05) is 53.5 Å². The molecule has 4 aromatic rings. The summed E-state index contributed by atoms with van der Waals surface area (Å²) >= 11 is 0. The van der Waals surface area contributed by atoms with E-state index in [1.807, 2.05) is 32.3 Å². The minimum Gasteiger partial charge on any atom is -0.491 e. The standard InChI is InChI=1S/C33H35N3O2.C2H5N/c1-5-37-33-23(3)19-27(36-32(33)26-11-8-22(2)9-12-26)16-18-34-21-25-10-15-31(38-28-13-14-28)30(20-25)29-7-6-17-35-24(29)4;1-2-3/h6-12,15,17,19-21,28H,5,13-14,16,18H2,1-4H3;2H,1,3H2. The van der Waals surface area contributed by atoms with E-state index in [-0.39, 0.29) is 0 Å². The number of ether oxygens (including phenoxy) is 2. The van der Waals surface area contributed by atoms with Gasteiger partial charge in [-0.15, -0.1) is 0 Å². The molecular weight excluding hydrogens is 508 g/mol. The molecule has 1 fully saturated rings. The second-order valence-electron chi connectivity index (χ2n) is 10.1. The van der Waals surface area contributed by atoms with E-state index >= 15 is 0 Å². The van der Waals surface area contributed by atoms with E-state index in [2.05, 4.69) is 85.7 Å². The number of aromatic nitrogens is 2. The van der Waals surface area contributed by atoms with Crippen molar-refractivity contribution in [3.05, 3.63) is 108 Å². The van der Waals surface area contributed by atoms with Crippen LogP contribution in [0.25, 0.3) is 22.4 Å². The van der Waals surface area contributed by atoms with Crippen LogP contribution in [0.15, 0.2) is 84.6 Å². The van der Waals surface area contributed by atoms with E-state index in [1.54, 1.807) is 0 Å². The molecular formula is C35H40N4O2. The van der Waals surface area contributed by atoms with E-state index in [4.69, 9.17) is 19.5 Å². The fourth-order valence-electron chi connectivity index (χ4n) is 4.52. The van der Waals surface area contributed by atoms with Crippen LogP contribution in [0.3, 0.4) is 0 Å². The molecule has 212 valence electrons. The van der Waals surface area contributed by atoms with Gasteiger partial charge in [-0.05, 0) is 88.2 Å². The van der Waals surface area contributed by atoms with Gasteiger partial charge in [-0.2, -0.15) is 0 Å². The third-order valence-electron chi connectivity index (χ3n) is 6.68. The van der Waals surface area contributed by atoms with Crippen LogP contribution in [-0.2, 0) is 6.42 Å². The average molecular weight is 549 g/mol. The lowest BCUT2D eigenvalue weighted by molar-refractivity contribution is 0.304. The van der Waals surface area contributed by atoms with Gasteiger partial charge in [-0.25, -0.2) is 4.98 Å². The van der Waals surface area contributed by atoms with Crippen LogP contribution in [0, 0.1) is 20.8 Å². The molecule has 0 radical (unpaired) electrons. The molecule has 0 spiro atoms. The maximum atomic E-state index is 6.21. The average Bonchev–Trinajstić information content (AvgIpc) is 3.78. The summed E-state index contributed by atoms with van der Waals surface area (Å²) in [4.78, 5) is 14.2. The Morgan fingerprint density at radius 1 is 1.02 bits per heavy atom. The highest BCUT2D eigenvalue weighted by Crippen LogP contribution is 2.36. The molecule has 1 saturated carbocycles. The van der Waals surface area contributed by atoms with Crippen molar-refractivity contribution in [2.24, 2.45) is 10.7 Å². The summed E-state index contributed by atoms with van der Waals surface area (Å²) in [5.74, 6) is 1.77. The van der Waals surface area contributed by atoms with E-state index in [9.17, 15) is 0 Å². The summed E-state index contributed by atoms with van der Waals surface area (Å²) in [6.45, 7) is 12.6. The Morgan fingerprint density at radius 3 is 2.46 bits per heavy atom. The van der Waals surface area contributed by atoms with Crippen molar-refractivity contribution in [1.82, 2.24) is 9.97 Å². The molecule has 0 bridgehead atoms. The number of benzene rings is 2. The van der Waals surface area contributed by atoms with E-state index in [1.165, 1.54) is 11.8 Å². The number of nitrogens with zero attached hydrogens (tertiary/aromatic N) is 3. The number of rotatable bonds is 10. The van der Waals surface area contributed by atoms with Crippen LogP contribution in [0.2, 0.25) is 0 Å². The van der Waals surface area contributed by atoms with Gasteiger partial charge < -0.3 is 15.2 Å². The third kappa shape index (κ3) is 8.04. The van der Waals surface area contributed by atoms with E-state index in [0.717, 1.165) is 75.7 Å². The normalized spacial score (nSPS) is 12.5. The minimum atomic E-state index is 0.333. The zero-order valence-electron chi connectivity index (χ0n) is 24.6. The first-order valence-corrected chi connectivity index (χ1v) is 14.2. The number of pyridine rings is 2. The molecule has 5 rings (SSSR count). The summed E-state index contributed by atoms with van der Waals surface area (Å²) in [7, 11) is 0. The Morgan fingerprint density at radius 2 is 1.78 bits per heavy atom. The lowest BCUT2D eigenvalue weighted by Crippen LogP contribution is -2.03. The van der Waals surface area contributed by atoms with Crippen molar-refractivity contribution in [2.45, 2.75) is 53.1 Å². The van der Waals surface area contributed by atoms with Crippen LogP contribution < -0.4 is 15.2 Å². The molecule has 0 unspecified atom stereocenters. The maximum Gasteiger partial charge on any atom is 0.148 e. The number of nitrogens with two attached hydrogens (primary N) is 1. The molecule has 1 aliphatic rings. The summed E-state index contributed by atoms with van der Waals surface area (Å²) in [5, 5.41) is 0.